The van der Waals surface area contributed by atoms with Crippen LogP contribution in [0.25, 0.3) is 28.4 Å². The van der Waals surface area contributed by atoms with E-state index in [-0.39, 0.29) is 17.0 Å². The van der Waals surface area contributed by atoms with Crippen LogP contribution in [-0.2, 0) is 7.05 Å². The molecular formula is C17H13ClN6O2. The molecule has 0 saturated heterocycles. The first-order chi connectivity index (χ1) is 12.5. The molecular weight excluding hydrogens is 356 g/mol. The lowest BCUT2D eigenvalue weighted by Crippen LogP contribution is -2.23. The minimum absolute atomic E-state index is 0.141. The molecule has 1 aromatic carbocycles. The zero-order valence-corrected chi connectivity index (χ0v) is 14.7. The number of aryl methyl sites for hydroxylation is 2. The van der Waals surface area contributed by atoms with Gasteiger partial charge in [0.05, 0.1) is 18.1 Å². The highest BCUT2D eigenvalue weighted by atomic mass is 35.5. The number of hydrogen-bond donors (Lipinski definition) is 0. The molecule has 0 radical (unpaired) electrons. The summed E-state index contributed by atoms with van der Waals surface area (Å²) in [5.74, 6) is 0.514. The van der Waals surface area contributed by atoms with E-state index >= 15 is 0 Å². The van der Waals surface area contributed by atoms with Crippen molar-refractivity contribution in [2.24, 2.45) is 7.05 Å². The second-order valence-electron chi connectivity index (χ2n) is 5.67. The van der Waals surface area contributed by atoms with Crippen molar-refractivity contribution in [1.29, 1.82) is 0 Å². The van der Waals surface area contributed by atoms with Crippen molar-refractivity contribution in [2.75, 3.05) is 0 Å². The van der Waals surface area contributed by atoms with Crippen molar-refractivity contribution in [2.45, 2.75) is 6.92 Å². The predicted molar refractivity (Wildman–Crippen MR) is 95.1 cm³/mol. The molecule has 4 aromatic rings. The molecule has 0 aliphatic heterocycles. The van der Waals surface area contributed by atoms with Crippen molar-refractivity contribution in [3.63, 3.8) is 0 Å². The SMILES string of the molecule is Cc1nnc(-c2cc(-c3ccc(Cl)cc3)nn(-c3cnn(C)c3)c2=O)o1. The van der Waals surface area contributed by atoms with Gasteiger partial charge in [0, 0.05) is 24.6 Å². The summed E-state index contributed by atoms with van der Waals surface area (Å²) in [5, 5.41) is 17.0. The van der Waals surface area contributed by atoms with Gasteiger partial charge in [-0.2, -0.15) is 14.9 Å². The van der Waals surface area contributed by atoms with E-state index in [4.69, 9.17) is 16.0 Å². The molecule has 26 heavy (non-hydrogen) atoms. The van der Waals surface area contributed by atoms with Gasteiger partial charge in [0.2, 0.25) is 5.89 Å². The average Bonchev–Trinajstić information content (AvgIpc) is 3.24. The molecule has 3 aromatic heterocycles. The maximum absolute atomic E-state index is 12.9. The van der Waals surface area contributed by atoms with Crippen molar-refractivity contribution in [1.82, 2.24) is 29.8 Å². The standard InChI is InChI=1S/C17H13ClN6O2/c1-10-20-21-16(26-10)14-7-15(11-3-5-12(18)6-4-11)22-24(17(14)25)13-8-19-23(2)9-13/h3-9H,1-2H3. The third kappa shape index (κ3) is 2.91. The second-order valence-corrected chi connectivity index (χ2v) is 6.10. The Morgan fingerprint density at radius 2 is 1.92 bits per heavy atom. The molecule has 0 fully saturated rings. The maximum Gasteiger partial charge on any atom is 0.284 e. The molecule has 0 spiro atoms. The zero-order chi connectivity index (χ0) is 18.3. The first-order valence-electron chi connectivity index (χ1n) is 7.71. The molecule has 0 aliphatic carbocycles. The van der Waals surface area contributed by atoms with Gasteiger partial charge in [-0.15, -0.1) is 10.2 Å². The first kappa shape index (κ1) is 16.2. The van der Waals surface area contributed by atoms with Crippen LogP contribution in [-0.4, -0.2) is 29.8 Å². The summed E-state index contributed by atoms with van der Waals surface area (Å²) in [6, 6.07) is 8.80. The summed E-state index contributed by atoms with van der Waals surface area (Å²) in [7, 11) is 1.76. The van der Waals surface area contributed by atoms with Gasteiger partial charge in [-0.25, -0.2) is 0 Å². The van der Waals surface area contributed by atoms with Crippen LogP contribution in [0.5, 0.6) is 0 Å². The molecule has 0 atom stereocenters. The van der Waals surface area contributed by atoms with E-state index in [1.54, 1.807) is 49.2 Å². The van der Waals surface area contributed by atoms with Gasteiger partial charge in [0.25, 0.3) is 11.4 Å². The third-order valence-electron chi connectivity index (χ3n) is 3.74. The molecule has 0 saturated carbocycles. The Labute approximate surface area is 152 Å². The van der Waals surface area contributed by atoms with E-state index in [1.165, 1.54) is 4.68 Å². The Morgan fingerprint density at radius 1 is 1.15 bits per heavy atom. The molecule has 130 valence electrons. The van der Waals surface area contributed by atoms with Gasteiger partial charge in [0.1, 0.15) is 11.3 Å². The van der Waals surface area contributed by atoms with E-state index < -0.39 is 0 Å². The molecule has 0 bridgehead atoms. The Morgan fingerprint density at radius 3 is 2.54 bits per heavy atom. The van der Waals surface area contributed by atoms with Gasteiger partial charge in [-0.05, 0) is 18.2 Å². The van der Waals surface area contributed by atoms with Crippen molar-refractivity contribution in [3.8, 4) is 28.4 Å². The molecule has 9 heteroatoms. The lowest BCUT2D eigenvalue weighted by molar-refractivity contribution is 0.531. The van der Waals surface area contributed by atoms with Crippen LogP contribution < -0.4 is 5.56 Å². The second kappa shape index (κ2) is 6.23. The monoisotopic (exact) mass is 368 g/mol. The fourth-order valence-corrected chi connectivity index (χ4v) is 2.63. The Hall–Kier alpha value is -3.26. The Kier molecular flexibility index (Phi) is 3.89. The number of rotatable bonds is 3. The van der Waals surface area contributed by atoms with Gasteiger partial charge in [0.15, 0.2) is 0 Å². The lowest BCUT2D eigenvalue weighted by Gasteiger charge is -2.08. The summed E-state index contributed by atoms with van der Waals surface area (Å²) < 4.78 is 8.31. The van der Waals surface area contributed by atoms with Crippen molar-refractivity contribution < 1.29 is 4.42 Å². The highest BCUT2D eigenvalue weighted by Crippen LogP contribution is 2.23. The highest BCUT2D eigenvalue weighted by molar-refractivity contribution is 6.30. The van der Waals surface area contributed by atoms with E-state index in [1.807, 2.05) is 12.1 Å². The summed E-state index contributed by atoms with van der Waals surface area (Å²) in [6.07, 6.45) is 3.26. The van der Waals surface area contributed by atoms with Crippen LogP contribution in [0.4, 0.5) is 0 Å². The summed E-state index contributed by atoms with van der Waals surface area (Å²) in [6.45, 7) is 1.66. The first-order valence-corrected chi connectivity index (χ1v) is 8.09. The van der Waals surface area contributed by atoms with Crippen molar-refractivity contribution >= 4 is 11.6 Å². The van der Waals surface area contributed by atoms with Crippen LogP contribution >= 0.6 is 11.6 Å². The summed E-state index contributed by atoms with van der Waals surface area (Å²) in [5.41, 5.74) is 1.78. The molecule has 0 aliphatic rings. The largest absolute Gasteiger partial charge is 0.421 e. The third-order valence-corrected chi connectivity index (χ3v) is 4.00. The molecule has 4 rings (SSSR count). The number of benzene rings is 1. The summed E-state index contributed by atoms with van der Waals surface area (Å²) in [4.78, 5) is 12.9. The van der Waals surface area contributed by atoms with Crippen molar-refractivity contribution in [3.05, 3.63) is 64.0 Å². The Balaban J connectivity index is 1.97. The van der Waals surface area contributed by atoms with Gasteiger partial charge in [-0.3, -0.25) is 9.48 Å². The maximum atomic E-state index is 12.9. The lowest BCUT2D eigenvalue weighted by atomic mass is 10.1. The van der Waals surface area contributed by atoms with Crippen LogP contribution in [0.2, 0.25) is 5.02 Å². The minimum atomic E-state index is -0.376. The van der Waals surface area contributed by atoms with E-state index in [0.717, 1.165) is 5.56 Å². The topological polar surface area (TPSA) is 91.6 Å². The van der Waals surface area contributed by atoms with Gasteiger partial charge < -0.3 is 4.42 Å². The molecule has 8 nitrogen and oxygen atoms in total. The minimum Gasteiger partial charge on any atom is -0.421 e. The van der Waals surface area contributed by atoms with E-state index in [0.29, 0.717) is 22.3 Å². The zero-order valence-electron chi connectivity index (χ0n) is 13.9. The van der Waals surface area contributed by atoms with E-state index in [2.05, 4.69) is 20.4 Å². The predicted octanol–water partition coefficient (Wildman–Crippen LogP) is 2.64. The fraction of sp³-hybridized carbons (Fsp3) is 0.118. The van der Waals surface area contributed by atoms with Crippen LogP contribution in [0, 0.1) is 6.92 Å². The quantitative estimate of drug-likeness (QED) is 0.552. The molecule has 0 N–H and O–H groups in total. The summed E-state index contributed by atoms with van der Waals surface area (Å²) >= 11 is 5.96. The van der Waals surface area contributed by atoms with Gasteiger partial charge in [-0.1, -0.05) is 23.7 Å². The van der Waals surface area contributed by atoms with Crippen LogP contribution in [0.3, 0.4) is 0 Å². The average molecular weight is 369 g/mol. The van der Waals surface area contributed by atoms with E-state index in [9.17, 15) is 4.79 Å². The highest BCUT2D eigenvalue weighted by Gasteiger charge is 2.18. The normalized spacial score (nSPS) is 11.0. The molecule has 0 amide bonds. The van der Waals surface area contributed by atoms with Crippen LogP contribution in [0.1, 0.15) is 5.89 Å². The van der Waals surface area contributed by atoms with Crippen LogP contribution in [0.15, 0.2) is 51.9 Å². The van der Waals surface area contributed by atoms with Gasteiger partial charge >= 0.3 is 0 Å². The fourth-order valence-electron chi connectivity index (χ4n) is 2.51. The smallest absolute Gasteiger partial charge is 0.284 e. The molecule has 3 heterocycles. The number of halogens is 1. The number of aromatic nitrogens is 6. The number of hydrogen-bond acceptors (Lipinski definition) is 6. The Bertz CT molecular complexity index is 1080. The number of nitrogens with zero attached hydrogens (tertiary/aromatic N) is 6. The molecule has 0 unspecified atom stereocenters.